The lowest BCUT2D eigenvalue weighted by Gasteiger charge is -2.30. The molecule has 1 aliphatic carbocycles. The van der Waals surface area contributed by atoms with Crippen molar-refractivity contribution in [1.29, 1.82) is 0 Å². The van der Waals surface area contributed by atoms with Gasteiger partial charge in [0.25, 0.3) is 0 Å². The summed E-state index contributed by atoms with van der Waals surface area (Å²) < 4.78 is 0. The van der Waals surface area contributed by atoms with Crippen LogP contribution in [0.3, 0.4) is 0 Å². The number of benzene rings is 1. The number of rotatable bonds is 5. The van der Waals surface area contributed by atoms with Crippen molar-refractivity contribution in [3.8, 4) is 0 Å². The molecule has 0 saturated heterocycles. The zero-order chi connectivity index (χ0) is 14.4. The average Bonchev–Trinajstić information content (AvgIpc) is 2.48. The molecule has 1 fully saturated rings. The highest BCUT2D eigenvalue weighted by atomic mass is 16.2. The zero-order valence-corrected chi connectivity index (χ0v) is 12.3. The molecular formula is C17H26N2O. The van der Waals surface area contributed by atoms with E-state index in [1.54, 1.807) is 0 Å². The van der Waals surface area contributed by atoms with Crippen LogP contribution >= 0.6 is 0 Å². The fraction of sp³-hybridized carbons (Fsp3) is 0.588. The third-order valence-electron chi connectivity index (χ3n) is 4.36. The lowest BCUT2D eigenvalue weighted by molar-refractivity contribution is -0.123. The number of carbonyl (C=O) groups excluding carboxylic acids is 1. The van der Waals surface area contributed by atoms with Crippen molar-refractivity contribution in [2.24, 2.45) is 11.7 Å². The van der Waals surface area contributed by atoms with Gasteiger partial charge in [0.05, 0.1) is 6.04 Å². The first-order chi connectivity index (χ1) is 9.66. The van der Waals surface area contributed by atoms with Gasteiger partial charge in [0.1, 0.15) is 0 Å². The van der Waals surface area contributed by atoms with E-state index < -0.39 is 6.04 Å². The number of amides is 1. The Balaban J connectivity index is 1.77. The van der Waals surface area contributed by atoms with Crippen LogP contribution in [0.25, 0.3) is 0 Å². The van der Waals surface area contributed by atoms with Crippen LogP contribution in [-0.4, -0.2) is 18.0 Å². The van der Waals surface area contributed by atoms with Gasteiger partial charge >= 0.3 is 0 Å². The molecule has 1 aromatic rings. The highest BCUT2D eigenvalue weighted by Crippen LogP contribution is 2.23. The monoisotopic (exact) mass is 274 g/mol. The summed E-state index contributed by atoms with van der Waals surface area (Å²) in [6.45, 7) is 2.22. The van der Waals surface area contributed by atoms with Crippen LogP contribution in [0.2, 0.25) is 0 Å². The smallest absolute Gasteiger partial charge is 0.237 e. The van der Waals surface area contributed by atoms with Gasteiger partial charge in [-0.05, 0) is 37.2 Å². The van der Waals surface area contributed by atoms with E-state index in [0.29, 0.717) is 18.4 Å². The first kappa shape index (κ1) is 15.0. The summed E-state index contributed by atoms with van der Waals surface area (Å²) in [5.74, 6) is 0.591. The number of carbonyl (C=O) groups is 1. The molecule has 0 heterocycles. The predicted molar refractivity (Wildman–Crippen MR) is 82.3 cm³/mol. The molecule has 1 aliphatic rings. The first-order valence-electron chi connectivity index (χ1n) is 7.76. The third kappa shape index (κ3) is 4.34. The Bertz CT molecular complexity index is 418. The molecule has 0 bridgehead atoms. The molecule has 3 nitrogen and oxygen atoms in total. The minimum absolute atomic E-state index is 0.0136. The highest BCUT2D eigenvalue weighted by Gasteiger charge is 2.24. The van der Waals surface area contributed by atoms with Gasteiger partial charge < -0.3 is 11.1 Å². The second kappa shape index (κ2) is 7.44. The number of nitrogens with one attached hydrogen (secondary N) is 1. The SMILES string of the molecule is CC1CCCCC1NC(=O)C(N)CCc1ccccc1. The van der Waals surface area contributed by atoms with E-state index in [2.05, 4.69) is 24.4 Å². The molecule has 0 radical (unpaired) electrons. The Morgan fingerprint density at radius 1 is 1.30 bits per heavy atom. The molecule has 1 aromatic carbocycles. The van der Waals surface area contributed by atoms with Crippen molar-refractivity contribution in [3.05, 3.63) is 35.9 Å². The summed E-state index contributed by atoms with van der Waals surface area (Å²) in [5.41, 5.74) is 7.25. The Kier molecular flexibility index (Phi) is 5.60. The van der Waals surface area contributed by atoms with Crippen molar-refractivity contribution in [2.75, 3.05) is 0 Å². The molecule has 1 saturated carbocycles. The minimum Gasteiger partial charge on any atom is -0.352 e. The molecule has 3 heteroatoms. The van der Waals surface area contributed by atoms with E-state index in [9.17, 15) is 4.79 Å². The van der Waals surface area contributed by atoms with Gasteiger partial charge in [0.15, 0.2) is 0 Å². The molecule has 0 aromatic heterocycles. The van der Waals surface area contributed by atoms with Crippen LogP contribution in [0.5, 0.6) is 0 Å². The molecule has 3 unspecified atom stereocenters. The summed E-state index contributed by atoms with van der Waals surface area (Å²) in [6.07, 6.45) is 6.37. The van der Waals surface area contributed by atoms with E-state index in [4.69, 9.17) is 5.73 Å². The minimum atomic E-state index is -0.399. The van der Waals surface area contributed by atoms with Crippen molar-refractivity contribution in [3.63, 3.8) is 0 Å². The first-order valence-corrected chi connectivity index (χ1v) is 7.76. The fourth-order valence-corrected chi connectivity index (χ4v) is 2.92. The standard InChI is InChI=1S/C17H26N2O/c1-13-7-5-6-10-16(13)19-17(20)15(18)12-11-14-8-3-2-4-9-14/h2-4,8-9,13,15-16H,5-7,10-12,18H2,1H3,(H,19,20). The van der Waals surface area contributed by atoms with Gasteiger partial charge in [-0.25, -0.2) is 0 Å². The second-order valence-corrected chi connectivity index (χ2v) is 6.01. The highest BCUT2D eigenvalue weighted by molar-refractivity contribution is 5.81. The van der Waals surface area contributed by atoms with Gasteiger partial charge in [-0.1, -0.05) is 50.1 Å². The van der Waals surface area contributed by atoms with Gasteiger partial charge in [-0.2, -0.15) is 0 Å². The average molecular weight is 274 g/mol. The topological polar surface area (TPSA) is 55.1 Å². The van der Waals surface area contributed by atoms with Crippen molar-refractivity contribution < 1.29 is 4.79 Å². The molecular weight excluding hydrogens is 248 g/mol. The van der Waals surface area contributed by atoms with Crippen molar-refractivity contribution in [1.82, 2.24) is 5.32 Å². The lowest BCUT2D eigenvalue weighted by atomic mass is 9.86. The summed E-state index contributed by atoms with van der Waals surface area (Å²) >= 11 is 0. The number of aryl methyl sites for hydroxylation is 1. The van der Waals surface area contributed by atoms with Gasteiger partial charge in [0, 0.05) is 6.04 Å². The quantitative estimate of drug-likeness (QED) is 0.867. The van der Waals surface area contributed by atoms with E-state index in [1.165, 1.54) is 24.8 Å². The van der Waals surface area contributed by atoms with E-state index in [0.717, 1.165) is 12.8 Å². The summed E-state index contributed by atoms with van der Waals surface area (Å²) in [4.78, 5) is 12.1. The molecule has 3 atom stereocenters. The fourth-order valence-electron chi connectivity index (χ4n) is 2.92. The van der Waals surface area contributed by atoms with Crippen molar-refractivity contribution >= 4 is 5.91 Å². The molecule has 20 heavy (non-hydrogen) atoms. The molecule has 110 valence electrons. The van der Waals surface area contributed by atoms with E-state index in [1.807, 2.05) is 18.2 Å². The molecule has 1 amide bonds. The van der Waals surface area contributed by atoms with Gasteiger partial charge in [-0.15, -0.1) is 0 Å². The Morgan fingerprint density at radius 3 is 2.70 bits per heavy atom. The van der Waals surface area contributed by atoms with Crippen LogP contribution in [0.1, 0.15) is 44.6 Å². The van der Waals surface area contributed by atoms with E-state index >= 15 is 0 Å². The van der Waals surface area contributed by atoms with Gasteiger partial charge in [-0.3, -0.25) is 4.79 Å². The number of hydrogen-bond donors (Lipinski definition) is 2. The van der Waals surface area contributed by atoms with Crippen LogP contribution in [0.15, 0.2) is 30.3 Å². The van der Waals surface area contributed by atoms with Gasteiger partial charge in [0.2, 0.25) is 5.91 Å². The number of hydrogen-bond acceptors (Lipinski definition) is 2. The molecule has 0 spiro atoms. The maximum absolute atomic E-state index is 12.1. The van der Waals surface area contributed by atoms with Crippen LogP contribution in [0.4, 0.5) is 0 Å². The molecule has 0 aliphatic heterocycles. The maximum atomic E-state index is 12.1. The normalized spacial score (nSPS) is 24.1. The van der Waals surface area contributed by atoms with E-state index in [-0.39, 0.29) is 5.91 Å². The Hall–Kier alpha value is -1.35. The maximum Gasteiger partial charge on any atom is 0.237 e. The van der Waals surface area contributed by atoms with Crippen LogP contribution in [0, 0.1) is 5.92 Å². The molecule has 3 N–H and O–H groups in total. The second-order valence-electron chi connectivity index (χ2n) is 6.01. The van der Waals surface area contributed by atoms with Crippen LogP contribution in [-0.2, 0) is 11.2 Å². The van der Waals surface area contributed by atoms with Crippen LogP contribution < -0.4 is 11.1 Å². The molecule has 2 rings (SSSR count). The zero-order valence-electron chi connectivity index (χ0n) is 12.3. The lowest BCUT2D eigenvalue weighted by Crippen LogP contribution is -2.48. The summed E-state index contributed by atoms with van der Waals surface area (Å²) in [5, 5.41) is 3.14. The summed E-state index contributed by atoms with van der Waals surface area (Å²) in [6, 6.07) is 10.1. The third-order valence-corrected chi connectivity index (χ3v) is 4.36. The predicted octanol–water partition coefficient (Wildman–Crippen LogP) is 2.64. The van der Waals surface area contributed by atoms with Crippen molar-refractivity contribution in [2.45, 2.75) is 57.5 Å². The largest absolute Gasteiger partial charge is 0.352 e. The Labute approximate surface area is 121 Å². The number of nitrogens with two attached hydrogens (primary N) is 1. The summed E-state index contributed by atoms with van der Waals surface area (Å²) in [7, 11) is 0. The Morgan fingerprint density at radius 2 is 2.00 bits per heavy atom.